The number of anilines is 2. The molecule has 0 atom stereocenters. The molecule has 0 saturated carbocycles. The fourth-order valence-electron chi connectivity index (χ4n) is 1.49. The van der Waals surface area contributed by atoms with Gasteiger partial charge >= 0.3 is 6.18 Å². The second-order valence-corrected chi connectivity index (χ2v) is 3.69. The Kier molecular flexibility index (Phi) is 3.14. The number of benzene rings is 1. The zero-order valence-corrected chi connectivity index (χ0v) is 9.25. The number of nitrogen functional groups attached to an aromatic ring is 1. The molecule has 2 rings (SSSR count). The second kappa shape index (κ2) is 4.59. The minimum absolute atomic E-state index is 0.286. The van der Waals surface area contributed by atoms with Crippen molar-refractivity contribution in [2.45, 2.75) is 12.7 Å². The summed E-state index contributed by atoms with van der Waals surface area (Å²) in [4.78, 5) is 6.80. The quantitative estimate of drug-likeness (QED) is 0.739. The van der Waals surface area contributed by atoms with Gasteiger partial charge in [0.25, 0.3) is 0 Å². The molecule has 1 aromatic heterocycles. The van der Waals surface area contributed by atoms with Crippen LogP contribution in [0.1, 0.15) is 11.4 Å². The standard InChI is InChI=1S/C11H11F3N4/c12-11(13,14)8-5-7(1-2-9(8)15)18-6-10-16-3-4-17-10/h1-5,18H,6,15H2,(H,16,17). The van der Waals surface area contributed by atoms with Crippen LogP contribution in [-0.2, 0) is 12.7 Å². The van der Waals surface area contributed by atoms with Crippen LogP contribution in [0.4, 0.5) is 24.5 Å². The van der Waals surface area contributed by atoms with Gasteiger partial charge in [0.05, 0.1) is 12.1 Å². The lowest BCUT2D eigenvalue weighted by molar-refractivity contribution is -0.136. The Balaban J connectivity index is 2.15. The molecule has 0 aliphatic rings. The van der Waals surface area contributed by atoms with Gasteiger partial charge in [0.15, 0.2) is 0 Å². The molecule has 0 fully saturated rings. The van der Waals surface area contributed by atoms with Crippen molar-refractivity contribution in [2.75, 3.05) is 11.1 Å². The molecule has 0 aliphatic carbocycles. The highest BCUT2D eigenvalue weighted by Crippen LogP contribution is 2.35. The average Bonchev–Trinajstić information content (AvgIpc) is 2.79. The third kappa shape index (κ3) is 2.73. The van der Waals surface area contributed by atoms with Crippen molar-refractivity contribution in [1.29, 1.82) is 0 Å². The monoisotopic (exact) mass is 256 g/mol. The van der Waals surface area contributed by atoms with Gasteiger partial charge in [0.1, 0.15) is 5.82 Å². The lowest BCUT2D eigenvalue weighted by Gasteiger charge is -2.12. The van der Waals surface area contributed by atoms with E-state index in [1.807, 2.05) is 0 Å². The Morgan fingerprint density at radius 3 is 2.72 bits per heavy atom. The van der Waals surface area contributed by atoms with E-state index in [2.05, 4.69) is 15.3 Å². The first-order chi connectivity index (χ1) is 8.47. The molecule has 0 saturated heterocycles. The Hall–Kier alpha value is -2.18. The average molecular weight is 256 g/mol. The van der Waals surface area contributed by atoms with Crippen LogP contribution in [0.2, 0.25) is 0 Å². The number of nitrogens with two attached hydrogens (primary N) is 1. The van der Waals surface area contributed by atoms with Gasteiger partial charge in [-0.3, -0.25) is 0 Å². The van der Waals surface area contributed by atoms with Gasteiger partial charge < -0.3 is 16.0 Å². The number of nitrogens with one attached hydrogen (secondary N) is 2. The van der Waals surface area contributed by atoms with Crippen LogP contribution in [-0.4, -0.2) is 9.97 Å². The van der Waals surface area contributed by atoms with Crippen molar-refractivity contribution in [3.8, 4) is 0 Å². The molecular formula is C11H11F3N4. The first kappa shape index (κ1) is 12.3. The number of imidazole rings is 1. The topological polar surface area (TPSA) is 66.7 Å². The summed E-state index contributed by atoms with van der Waals surface area (Å²) >= 11 is 0. The zero-order chi connectivity index (χ0) is 13.2. The highest BCUT2D eigenvalue weighted by molar-refractivity contribution is 5.58. The van der Waals surface area contributed by atoms with Crippen LogP contribution >= 0.6 is 0 Å². The maximum absolute atomic E-state index is 12.6. The molecule has 18 heavy (non-hydrogen) atoms. The first-order valence-corrected chi connectivity index (χ1v) is 5.15. The highest BCUT2D eigenvalue weighted by atomic mass is 19.4. The van der Waals surface area contributed by atoms with Gasteiger partial charge in [-0.2, -0.15) is 13.2 Å². The van der Waals surface area contributed by atoms with E-state index in [-0.39, 0.29) is 5.69 Å². The first-order valence-electron chi connectivity index (χ1n) is 5.15. The van der Waals surface area contributed by atoms with Gasteiger partial charge in [-0.25, -0.2) is 4.98 Å². The normalized spacial score (nSPS) is 11.5. The summed E-state index contributed by atoms with van der Waals surface area (Å²) in [6, 6.07) is 3.71. The SMILES string of the molecule is Nc1ccc(NCc2ncc[nH]2)cc1C(F)(F)F. The number of nitrogens with zero attached hydrogens (tertiary/aromatic N) is 1. The third-order valence-corrected chi connectivity index (χ3v) is 2.37. The molecule has 1 aromatic carbocycles. The number of hydrogen-bond acceptors (Lipinski definition) is 3. The van der Waals surface area contributed by atoms with Gasteiger partial charge in [-0.15, -0.1) is 0 Å². The number of H-pyrrole nitrogens is 1. The van der Waals surface area contributed by atoms with Crippen LogP contribution in [0, 0.1) is 0 Å². The molecule has 0 unspecified atom stereocenters. The van der Waals surface area contributed by atoms with E-state index in [9.17, 15) is 13.2 Å². The van der Waals surface area contributed by atoms with E-state index in [1.165, 1.54) is 12.1 Å². The third-order valence-electron chi connectivity index (χ3n) is 2.37. The lowest BCUT2D eigenvalue weighted by atomic mass is 10.1. The van der Waals surface area contributed by atoms with Gasteiger partial charge in [0.2, 0.25) is 0 Å². The molecule has 1 heterocycles. The molecule has 4 nitrogen and oxygen atoms in total. The second-order valence-electron chi connectivity index (χ2n) is 3.69. The van der Waals surface area contributed by atoms with Crippen LogP contribution in [0.15, 0.2) is 30.6 Å². The van der Waals surface area contributed by atoms with Crippen LogP contribution in [0.25, 0.3) is 0 Å². The van der Waals surface area contributed by atoms with Crippen molar-refractivity contribution in [2.24, 2.45) is 0 Å². The largest absolute Gasteiger partial charge is 0.418 e. The molecule has 0 spiro atoms. The van der Waals surface area contributed by atoms with E-state index in [4.69, 9.17) is 5.73 Å². The number of alkyl halides is 3. The van der Waals surface area contributed by atoms with Crippen molar-refractivity contribution >= 4 is 11.4 Å². The predicted octanol–water partition coefficient (Wildman–Crippen LogP) is 2.62. The van der Waals surface area contributed by atoms with E-state index in [1.54, 1.807) is 12.4 Å². The predicted molar refractivity (Wildman–Crippen MR) is 61.8 cm³/mol. The van der Waals surface area contributed by atoms with Crippen molar-refractivity contribution in [1.82, 2.24) is 9.97 Å². The minimum Gasteiger partial charge on any atom is -0.398 e. The molecular weight excluding hydrogens is 245 g/mol. The number of aromatic amines is 1. The van der Waals surface area contributed by atoms with Crippen molar-refractivity contribution in [3.05, 3.63) is 42.0 Å². The lowest BCUT2D eigenvalue weighted by Crippen LogP contribution is -2.10. The summed E-state index contributed by atoms with van der Waals surface area (Å²) in [5.41, 5.74) is 4.51. The van der Waals surface area contributed by atoms with Gasteiger partial charge in [-0.05, 0) is 18.2 Å². The molecule has 4 N–H and O–H groups in total. The zero-order valence-electron chi connectivity index (χ0n) is 9.25. The Morgan fingerprint density at radius 1 is 1.33 bits per heavy atom. The van der Waals surface area contributed by atoms with E-state index in [0.717, 1.165) is 6.07 Å². The van der Waals surface area contributed by atoms with Crippen LogP contribution < -0.4 is 11.1 Å². The fourth-order valence-corrected chi connectivity index (χ4v) is 1.49. The molecule has 0 amide bonds. The molecule has 0 bridgehead atoms. The van der Waals surface area contributed by atoms with E-state index < -0.39 is 11.7 Å². The highest BCUT2D eigenvalue weighted by Gasteiger charge is 2.33. The summed E-state index contributed by atoms with van der Waals surface area (Å²) in [5.74, 6) is 0.639. The van der Waals surface area contributed by atoms with E-state index in [0.29, 0.717) is 18.1 Å². The molecule has 2 aromatic rings. The summed E-state index contributed by atoms with van der Waals surface area (Å²) in [7, 11) is 0. The fraction of sp³-hybridized carbons (Fsp3) is 0.182. The molecule has 7 heteroatoms. The summed E-state index contributed by atoms with van der Waals surface area (Å²) in [5, 5.41) is 2.84. The number of aromatic nitrogens is 2. The Bertz CT molecular complexity index is 520. The van der Waals surface area contributed by atoms with Gasteiger partial charge in [0, 0.05) is 23.8 Å². The minimum atomic E-state index is -4.45. The molecule has 0 aliphatic heterocycles. The molecule has 0 radical (unpaired) electrons. The smallest absolute Gasteiger partial charge is 0.398 e. The maximum Gasteiger partial charge on any atom is 0.418 e. The summed E-state index contributed by atoms with van der Waals surface area (Å²) < 4.78 is 37.8. The van der Waals surface area contributed by atoms with Gasteiger partial charge in [-0.1, -0.05) is 0 Å². The summed E-state index contributed by atoms with van der Waals surface area (Å²) in [6.45, 7) is 0.314. The molecule has 96 valence electrons. The van der Waals surface area contributed by atoms with E-state index >= 15 is 0 Å². The van der Waals surface area contributed by atoms with Crippen LogP contribution in [0.5, 0.6) is 0 Å². The number of rotatable bonds is 3. The van der Waals surface area contributed by atoms with Crippen molar-refractivity contribution < 1.29 is 13.2 Å². The summed E-state index contributed by atoms with van der Waals surface area (Å²) in [6.07, 6.45) is -1.24. The number of halogens is 3. The maximum atomic E-state index is 12.6. The Morgan fingerprint density at radius 2 is 2.11 bits per heavy atom. The Labute approximate surface area is 101 Å². The number of hydrogen-bond donors (Lipinski definition) is 3. The van der Waals surface area contributed by atoms with Crippen molar-refractivity contribution in [3.63, 3.8) is 0 Å². The van der Waals surface area contributed by atoms with Crippen LogP contribution in [0.3, 0.4) is 0 Å².